The highest BCUT2D eigenvalue weighted by Gasteiger charge is 2.17. The van der Waals surface area contributed by atoms with Crippen molar-refractivity contribution in [3.05, 3.63) is 52.8 Å². The molecule has 2 aromatic rings. The second kappa shape index (κ2) is 6.67. The van der Waals surface area contributed by atoms with Crippen molar-refractivity contribution >= 4 is 34.8 Å². The highest BCUT2D eigenvalue weighted by molar-refractivity contribution is 6.31. The van der Waals surface area contributed by atoms with Gasteiger partial charge in [0.25, 0.3) is 5.91 Å². The van der Waals surface area contributed by atoms with Gasteiger partial charge in [0, 0.05) is 41.4 Å². The zero-order valence-electron chi connectivity index (χ0n) is 12.4. The Morgan fingerprint density at radius 1 is 1.25 bits per heavy atom. The molecule has 0 aliphatic carbocycles. The zero-order chi connectivity index (χ0) is 17.1. The van der Waals surface area contributed by atoms with E-state index in [1.165, 1.54) is 18.3 Å². The topological polar surface area (TPSA) is 104 Å². The van der Waals surface area contributed by atoms with Crippen molar-refractivity contribution in [2.75, 3.05) is 5.32 Å². The van der Waals surface area contributed by atoms with Crippen LogP contribution in [-0.4, -0.2) is 27.6 Å². The summed E-state index contributed by atoms with van der Waals surface area (Å²) in [5.74, 6) is -0.634. The lowest BCUT2D eigenvalue weighted by atomic mass is 10.0. The van der Waals surface area contributed by atoms with E-state index in [-0.39, 0.29) is 17.4 Å². The van der Waals surface area contributed by atoms with Gasteiger partial charge in [0.2, 0.25) is 5.91 Å². The molecule has 3 N–H and O–H groups in total. The molecule has 122 valence electrons. The molecule has 1 aliphatic rings. The number of amides is 2. The smallest absolute Gasteiger partial charge is 0.274 e. The number of carbonyl (C=O) groups excluding carboxylic acids is 2. The quantitative estimate of drug-likeness (QED) is 0.794. The fourth-order valence-corrected chi connectivity index (χ4v) is 2.41. The molecule has 2 amide bonds. The molecule has 2 heterocycles. The normalized spacial score (nSPS) is 13.9. The summed E-state index contributed by atoms with van der Waals surface area (Å²) < 4.78 is 0. The van der Waals surface area contributed by atoms with Crippen LogP contribution < -0.4 is 10.7 Å². The van der Waals surface area contributed by atoms with Crippen LogP contribution in [-0.2, 0) is 4.79 Å². The minimum absolute atomic E-state index is 0.0400. The summed E-state index contributed by atoms with van der Waals surface area (Å²) in [5.41, 5.74) is 4.05. The van der Waals surface area contributed by atoms with Gasteiger partial charge < -0.3 is 10.4 Å². The number of hydrazone groups is 1. The van der Waals surface area contributed by atoms with Crippen LogP contribution in [0.2, 0.25) is 5.02 Å². The molecule has 0 saturated heterocycles. The number of halogens is 1. The summed E-state index contributed by atoms with van der Waals surface area (Å²) in [6.07, 6.45) is 2.20. The number of hydrogen-bond donors (Lipinski definition) is 3. The monoisotopic (exact) mass is 344 g/mol. The Labute approximate surface area is 142 Å². The van der Waals surface area contributed by atoms with Gasteiger partial charge in [0.05, 0.1) is 5.71 Å². The van der Waals surface area contributed by atoms with Crippen LogP contribution in [0.5, 0.6) is 5.75 Å². The van der Waals surface area contributed by atoms with Crippen molar-refractivity contribution in [3.8, 4) is 5.75 Å². The zero-order valence-corrected chi connectivity index (χ0v) is 13.2. The summed E-state index contributed by atoms with van der Waals surface area (Å²) in [5, 5.41) is 17.1. The number of nitrogens with zero attached hydrogens (tertiary/aromatic N) is 2. The molecule has 7 nitrogen and oxygen atoms in total. The summed E-state index contributed by atoms with van der Waals surface area (Å²) in [7, 11) is 0. The van der Waals surface area contributed by atoms with E-state index in [4.69, 9.17) is 11.6 Å². The minimum Gasteiger partial charge on any atom is -0.507 e. The molecule has 0 atom stereocenters. The van der Waals surface area contributed by atoms with Crippen molar-refractivity contribution in [1.29, 1.82) is 0 Å². The number of phenols is 1. The van der Waals surface area contributed by atoms with Gasteiger partial charge >= 0.3 is 0 Å². The third kappa shape index (κ3) is 3.52. The van der Waals surface area contributed by atoms with Gasteiger partial charge in [-0.3, -0.25) is 14.6 Å². The van der Waals surface area contributed by atoms with E-state index < -0.39 is 5.91 Å². The molecular weight excluding hydrogens is 332 g/mol. The molecule has 0 bridgehead atoms. The summed E-state index contributed by atoms with van der Waals surface area (Å²) in [6.45, 7) is 0. The number of phenolic OH excluding ortho intramolecular Hbond substituents is 1. The number of anilines is 1. The Kier molecular flexibility index (Phi) is 4.43. The first-order chi connectivity index (χ1) is 11.5. The molecule has 8 heteroatoms. The second-order valence-electron chi connectivity index (χ2n) is 5.14. The predicted molar refractivity (Wildman–Crippen MR) is 89.2 cm³/mol. The van der Waals surface area contributed by atoms with Crippen LogP contribution >= 0.6 is 11.6 Å². The van der Waals surface area contributed by atoms with E-state index >= 15 is 0 Å². The molecule has 0 fully saturated rings. The van der Waals surface area contributed by atoms with E-state index in [1.807, 2.05) is 0 Å². The predicted octanol–water partition coefficient (Wildman–Crippen LogP) is 2.31. The van der Waals surface area contributed by atoms with Gasteiger partial charge in [0.1, 0.15) is 11.4 Å². The van der Waals surface area contributed by atoms with Crippen molar-refractivity contribution in [3.63, 3.8) is 0 Å². The molecular formula is C16H13ClN4O3. The van der Waals surface area contributed by atoms with E-state index in [0.717, 1.165) is 0 Å². The van der Waals surface area contributed by atoms with Crippen LogP contribution in [0.1, 0.15) is 28.9 Å². The van der Waals surface area contributed by atoms with Crippen LogP contribution in [0.25, 0.3) is 0 Å². The van der Waals surface area contributed by atoms with Crippen molar-refractivity contribution < 1.29 is 14.7 Å². The molecule has 0 unspecified atom stereocenters. The van der Waals surface area contributed by atoms with Crippen molar-refractivity contribution in [1.82, 2.24) is 10.4 Å². The van der Waals surface area contributed by atoms with Crippen molar-refractivity contribution in [2.24, 2.45) is 5.10 Å². The first-order valence-corrected chi connectivity index (χ1v) is 7.52. The maximum absolute atomic E-state index is 12.1. The maximum Gasteiger partial charge on any atom is 0.274 e. The molecule has 24 heavy (non-hydrogen) atoms. The average molecular weight is 345 g/mol. The molecule has 1 aromatic heterocycles. The third-order valence-corrected chi connectivity index (χ3v) is 3.66. The molecule has 0 saturated carbocycles. The SMILES string of the molecule is O=C1CCC(c2ccc(NC(=O)c3cc(Cl)ccn3)cc2O)=NN1. The van der Waals surface area contributed by atoms with Crippen molar-refractivity contribution in [2.45, 2.75) is 12.8 Å². The Morgan fingerprint density at radius 3 is 2.75 bits per heavy atom. The van der Waals surface area contributed by atoms with E-state index in [0.29, 0.717) is 34.8 Å². The number of pyridine rings is 1. The van der Waals surface area contributed by atoms with Gasteiger partial charge in [-0.05, 0) is 24.3 Å². The number of nitrogens with one attached hydrogen (secondary N) is 2. The second-order valence-corrected chi connectivity index (χ2v) is 5.58. The van der Waals surface area contributed by atoms with Gasteiger partial charge in [-0.15, -0.1) is 0 Å². The highest BCUT2D eigenvalue weighted by atomic mass is 35.5. The minimum atomic E-state index is -0.438. The number of aromatic nitrogens is 1. The number of carbonyl (C=O) groups is 2. The Morgan fingerprint density at radius 2 is 2.08 bits per heavy atom. The van der Waals surface area contributed by atoms with E-state index in [2.05, 4.69) is 20.8 Å². The van der Waals surface area contributed by atoms with Gasteiger partial charge in [-0.2, -0.15) is 5.10 Å². The molecule has 1 aliphatic heterocycles. The number of rotatable bonds is 3. The summed E-state index contributed by atoms with van der Waals surface area (Å²) in [6, 6.07) is 7.70. The molecule has 1 aromatic carbocycles. The molecule has 3 rings (SSSR count). The standard InChI is InChI=1S/C16H13ClN4O3/c17-9-5-6-18-13(7-9)16(24)19-10-1-2-11(14(22)8-10)12-3-4-15(23)21-20-12/h1-2,5-8,22H,3-4H2,(H,19,24)(H,21,23). The fraction of sp³-hybridized carbons (Fsp3) is 0.125. The summed E-state index contributed by atoms with van der Waals surface area (Å²) in [4.78, 5) is 27.2. The number of benzene rings is 1. The van der Waals surface area contributed by atoms with Crippen LogP contribution in [0.3, 0.4) is 0 Å². The lowest BCUT2D eigenvalue weighted by Crippen LogP contribution is -2.26. The largest absolute Gasteiger partial charge is 0.507 e. The van der Waals surface area contributed by atoms with Gasteiger partial charge in [0.15, 0.2) is 0 Å². The first kappa shape index (κ1) is 15.9. The van der Waals surface area contributed by atoms with Gasteiger partial charge in [-0.25, -0.2) is 5.43 Å². The van der Waals surface area contributed by atoms with E-state index in [1.54, 1.807) is 18.2 Å². The lowest BCUT2D eigenvalue weighted by Gasteiger charge is -2.14. The number of hydrogen-bond acceptors (Lipinski definition) is 5. The van der Waals surface area contributed by atoms with E-state index in [9.17, 15) is 14.7 Å². The highest BCUT2D eigenvalue weighted by Crippen LogP contribution is 2.25. The Balaban J connectivity index is 1.77. The first-order valence-electron chi connectivity index (χ1n) is 7.14. The third-order valence-electron chi connectivity index (χ3n) is 3.43. The summed E-state index contributed by atoms with van der Waals surface area (Å²) >= 11 is 5.83. The Hall–Kier alpha value is -2.93. The number of aromatic hydroxyl groups is 1. The molecule has 0 radical (unpaired) electrons. The van der Waals surface area contributed by atoms with Crippen LogP contribution in [0.15, 0.2) is 41.6 Å². The van der Waals surface area contributed by atoms with Gasteiger partial charge in [-0.1, -0.05) is 11.6 Å². The Bertz CT molecular complexity index is 851. The van der Waals surface area contributed by atoms with Crippen LogP contribution in [0.4, 0.5) is 5.69 Å². The maximum atomic E-state index is 12.1. The fourth-order valence-electron chi connectivity index (χ4n) is 2.25. The molecule has 0 spiro atoms. The van der Waals surface area contributed by atoms with Crippen LogP contribution in [0, 0.1) is 0 Å². The average Bonchev–Trinajstić information content (AvgIpc) is 2.56. The lowest BCUT2D eigenvalue weighted by molar-refractivity contribution is -0.121.